The van der Waals surface area contributed by atoms with Crippen LogP contribution in [-0.4, -0.2) is 43.2 Å². The fraction of sp³-hybridized carbons (Fsp3) is 0.333. The highest BCUT2D eigenvalue weighted by Crippen LogP contribution is 2.29. The van der Waals surface area contributed by atoms with Crippen molar-refractivity contribution in [2.45, 2.75) is 48.5 Å². The molecule has 0 aliphatic heterocycles. The molecule has 0 N–H and O–H groups in total. The zero-order valence-electron chi connectivity index (χ0n) is 17.3. The molecule has 0 aliphatic rings. The van der Waals surface area contributed by atoms with Crippen molar-refractivity contribution in [1.82, 2.24) is 0 Å². The summed E-state index contributed by atoms with van der Waals surface area (Å²) < 4.78 is 125. The van der Waals surface area contributed by atoms with Crippen molar-refractivity contribution >= 4 is 30.4 Å². The first-order valence-corrected chi connectivity index (χ1v) is 13.2. The number of benzene rings is 2. The van der Waals surface area contributed by atoms with E-state index in [0.717, 1.165) is 12.1 Å². The highest BCUT2D eigenvalue weighted by Gasteiger charge is 2.50. The van der Waals surface area contributed by atoms with Crippen LogP contribution < -0.4 is 0 Å². The van der Waals surface area contributed by atoms with Crippen molar-refractivity contribution in [1.29, 1.82) is 0 Å². The Labute approximate surface area is 189 Å². The molecule has 184 valence electrons. The number of hydrogen-bond acceptors (Lipinski definition) is 9. The number of rotatable bonds is 9. The van der Waals surface area contributed by atoms with Crippen LogP contribution in [0.5, 0.6) is 0 Å². The lowest BCUT2D eigenvalue weighted by Gasteiger charge is -2.24. The smallest absolute Gasteiger partial charge is 0.255 e. The van der Waals surface area contributed by atoms with Crippen molar-refractivity contribution in [3.63, 3.8) is 0 Å². The summed E-state index contributed by atoms with van der Waals surface area (Å²) in [4.78, 5) is -0.893. The Bertz CT molecular complexity index is 1240. The van der Waals surface area contributed by atoms with E-state index in [1.165, 1.54) is 50.2 Å². The van der Waals surface area contributed by atoms with Gasteiger partial charge >= 0.3 is 15.6 Å². The molecule has 2 aromatic rings. The SMILES string of the molecule is Cc1ccccc1S(=O)(=O)OC(OS(=O)(=O)c1ccccc1C)C(C)OS(=O)(=O)C(F)(F)F. The van der Waals surface area contributed by atoms with Gasteiger partial charge in [-0.15, -0.1) is 0 Å². The Morgan fingerprint density at radius 3 is 1.39 bits per heavy atom. The molecule has 33 heavy (non-hydrogen) atoms. The third kappa shape index (κ3) is 6.51. The second kappa shape index (κ2) is 9.68. The second-order valence-electron chi connectivity index (χ2n) is 6.70. The van der Waals surface area contributed by atoms with Crippen LogP contribution in [0.2, 0.25) is 0 Å². The van der Waals surface area contributed by atoms with Gasteiger partial charge < -0.3 is 0 Å². The molecule has 1 unspecified atom stereocenters. The van der Waals surface area contributed by atoms with Crippen LogP contribution in [0.25, 0.3) is 0 Å². The molecule has 2 rings (SSSR count). The molecule has 0 aliphatic carbocycles. The van der Waals surface area contributed by atoms with Gasteiger partial charge in [-0.05, 0) is 44.0 Å². The summed E-state index contributed by atoms with van der Waals surface area (Å²) in [6, 6.07) is 10.6. The van der Waals surface area contributed by atoms with Crippen molar-refractivity contribution in [3.8, 4) is 0 Å². The van der Waals surface area contributed by atoms with Gasteiger partial charge in [-0.2, -0.15) is 38.4 Å². The van der Waals surface area contributed by atoms with Crippen LogP contribution in [0.1, 0.15) is 18.1 Å². The number of hydrogen-bond donors (Lipinski definition) is 0. The van der Waals surface area contributed by atoms with E-state index in [0.29, 0.717) is 6.92 Å². The molecule has 0 bridgehead atoms. The van der Waals surface area contributed by atoms with E-state index >= 15 is 0 Å². The van der Waals surface area contributed by atoms with Crippen LogP contribution in [0.15, 0.2) is 58.3 Å². The van der Waals surface area contributed by atoms with E-state index in [1.807, 2.05) is 0 Å². The fourth-order valence-electron chi connectivity index (χ4n) is 2.50. The third-order valence-electron chi connectivity index (χ3n) is 4.11. The van der Waals surface area contributed by atoms with Gasteiger partial charge in [0, 0.05) is 0 Å². The molecule has 9 nitrogen and oxygen atoms in total. The summed E-state index contributed by atoms with van der Waals surface area (Å²) in [6.07, 6.45) is -4.98. The molecule has 0 saturated carbocycles. The maximum absolute atomic E-state index is 12.7. The molecule has 1 atom stereocenters. The summed E-state index contributed by atoms with van der Waals surface area (Å²) in [6.45, 7) is 3.41. The number of alkyl halides is 3. The van der Waals surface area contributed by atoms with E-state index in [-0.39, 0.29) is 11.1 Å². The predicted molar refractivity (Wildman–Crippen MR) is 108 cm³/mol. The molecular weight excluding hydrogens is 513 g/mol. The fourth-order valence-corrected chi connectivity index (χ4v) is 5.66. The Hall–Kier alpha value is -2.04. The quantitative estimate of drug-likeness (QED) is 0.272. The third-order valence-corrected chi connectivity index (χ3v) is 8.12. The first-order valence-electron chi connectivity index (χ1n) is 8.95. The topological polar surface area (TPSA) is 130 Å². The first-order chi connectivity index (χ1) is 15.0. The van der Waals surface area contributed by atoms with Gasteiger partial charge in [-0.25, -0.2) is 8.37 Å². The molecule has 0 fully saturated rings. The monoisotopic (exact) mass is 532 g/mol. The summed E-state index contributed by atoms with van der Waals surface area (Å²) in [5, 5.41) is 0. The van der Waals surface area contributed by atoms with Gasteiger partial charge in [0.15, 0.2) is 0 Å². The number of halogens is 3. The van der Waals surface area contributed by atoms with E-state index < -0.39 is 58.0 Å². The standard InChI is InChI=1S/C18H19F3O9S3/c1-12-8-4-6-10-15(12)31(22,23)29-17(14(3)28-33(26,27)18(19,20)21)30-32(24,25)16-11-7-5-9-13(16)2/h4-11,14,17H,1-3H3. The van der Waals surface area contributed by atoms with Gasteiger partial charge in [0.2, 0.25) is 6.29 Å². The molecule has 0 amide bonds. The minimum absolute atomic E-state index is 0.162. The minimum Gasteiger partial charge on any atom is -0.255 e. The predicted octanol–water partition coefficient (Wildman–Crippen LogP) is 3.00. The van der Waals surface area contributed by atoms with E-state index in [4.69, 9.17) is 8.37 Å². The average molecular weight is 533 g/mol. The first kappa shape index (κ1) is 27.2. The molecule has 0 aromatic heterocycles. The van der Waals surface area contributed by atoms with Gasteiger partial charge in [-0.3, -0.25) is 4.18 Å². The molecule has 0 spiro atoms. The van der Waals surface area contributed by atoms with Crippen molar-refractivity contribution in [2.24, 2.45) is 0 Å². The lowest BCUT2D eigenvalue weighted by molar-refractivity contribution is -0.0834. The van der Waals surface area contributed by atoms with Crippen molar-refractivity contribution < 1.29 is 51.0 Å². The highest BCUT2D eigenvalue weighted by atomic mass is 32.2. The largest absolute Gasteiger partial charge is 0.523 e. The van der Waals surface area contributed by atoms with Gasteiger partial charge in [-0.1, -0.05) is 36.4 Å². The Kier molecular flexibility index (Phi) is 7.98. The van der Waals surface area contributed by atoms with Crippen molar-refractivity contribution in [3.05, 3.63) is 59.7 Å². The Morgan fingerprint density at radius 2 is 1.06 bits per heavy atom. The summed E-state index contributed by atoms with van der Waals surface area (Å²) in [5.74, 6) is 0. The van der Waals surface area contributed by atoms with Crippen LogP contribution >= 0.6 is 0 Å². The lowest BCUT2D eigenvalue weighted by atomic mass is 10.2. The van der Waals surface area contributed by atoms with Gasteiger partial charge in [0.1, 0.15) is 6.10 Å². The van der Waals surface area contributed by atoms with Crippen LogP contribution in [0, 0.1) is 13.8 Å². The molecule has 0 radical (unpaired) electrons. The Morgan fingerprint density at radius 1 is 0.697 bits per heavy atom. The maximum Gasteiger partial charge on any atom is 0.523 e. The number of aryl methyl sites for hydroxylation is 2. The zero-order chi connectivity index (χ0) is 25.2. The van der Waals surface area contributed by atoms with Crippen molar-refractivity contribution in [2.75, 3.05) is 0 Å². The van der Waals surface area contributed by atoms with E-state index in [2.05, 4.69) is 4.18 Å². The van der Waals surface area contributed by atoms with E-state index in [9.17, 15) is 38.4 Å². The maximum atomic E-state index is 12.7. The van der Waals surface area contributed by atoms with Crippen LogP contribution in [0.4, 0.5) is 13.2 Å². The molecular formula is C18H19F3O9S3. The zero-order valence-corrected chi connectivity index (χ0v) is 19.8. The molecule has 0 heterocycles. The molecule has 2 aromatic carbocycles. The Balaban J connectivity index is 2.50. The highest BCUT2D eigenvalue weighted by molar-refractivity contribution is 7.88. The second-order valence-corrected chi connectivity index (χ2v) is 11.3. The lowest BCUT2D eigenvalue weighted by Crippen LogP contribution is -2.39. The summed E-state index contributed by atoms with van der Waals surface area (Å²) in [5.41, 5.74) is -5.54. The normalized spacial score (nSPS) is 14.4. The van der Waals surface area contributed by atoms with Gasteiger partial charge in [0.25, 0.3) is 20.2 Å². The average Bonchev–Trinajstić information content (AvgIpc) is 2.66. The molecule has 0 saturated heterocycles. The summed E-state index contributed by atoms with van der Waals surface area (Å²) in [7, 11) is -15.9. The van der Waals surface area contributed by atoms with Crippen LogP contribution in [-0.2, 0) is 42.9 Å². The van der Waals surface area contributed by atoms with E-state index in [1.54, 1.807) is 0 Å². The summed E-state index contributed by atoms with van der Waals surface area (Å²) >= 11 is 0. The van der Waals surface area contributed by atoms with Crippen LogP contribution in [0.3, 0.4) is 0 Å². The minimum atomic E-state index is -6.25. The van der Waals surface area contributed by atoms with Gasteiger partial charge in [0.05, 0.1) is 9.79 Å². The molecule has 15 heteroatoms.